The van der Waals surface area contributed by atoms with Crippen LogP contribution in [0.3, 0.4) is 0 Å². The lowest BCUT2D eigenvalue weighted by Gasteiger charge is -2.31. The monoisotopic (exact) mass is 377 g/mol. The molecule has 1 aromatic rings. The molecule has 0 N–H and O–H groups in total. The number of benzene rings is 1. The van der Waals surface area contributed by atoms with Gasteiger partial charge in [-0.1, -0.05) is 39.2 Å². The summed E-state index contributed by atoms with van der Waals surface area (Å²) < 4.78 is 24.8. The van der Waals surface area contributed by atoms with Gasteiger partial charge in [0.2, 0.25) is 5.91 Å². The Morgan fingerprint density at radius 2 is 1.89 bits per heavy atom. The second-order valence-corrected chi connectivity index (χ2v) is 8.18. The molecule has 27 heavy (non-hydrogen) atoms. The van der Waals surface area contributed by atoms with Crippen LogP contribution in [0.25, 0.3) is 0 Å². The summed E-state index contributed by atoms with van der Waals surface area (Å²) in [5.41, 5.74) is 0.934. The Labute approximate surface area is 162 Å². The fraction of sp³-hybridized carbons (Fsp3) is 0.682. The Kier molecular flexibility index (Phi) is 6.74. The third-order valence-electron chi connectivity index (χ3n) is 6.00. The van der Waals surface area contributed by atoms with Gasteiger partial charge in [0, 0.05) is 19.2 Å². The van der Waals surface area contributed by atoms with Crippen molar-refractivity contribution in [1.29, 1.82) is 0 Å². The van der Waals surface area contributed by atoms with E-state index in [1.807, 2.05) is 4.90 Å². The number of ether oxygens (including phenoxy) is 2. The van der Waals surface area contributed by atoms with Crippen LogP contribution >= 0.6 is 0 Å². The van der Waals surface area contributed by atoms with Crippen molar-refractivity contribution in [2.75, 3.05) is 32.9 Å². The topological polar surface area (TPSA) is 38.8 Å². The number of rotatable bonds is 8. The van der Waals surface area contributed by atoms with Gasteiger partial charge in [-0.15, -0.1) is 0 Å². The van der Waals surface area contributed by atoms with E-state index in [1.54, 1.807) is 6.07 Å². The van der Waals surface area contributed by atoms with Crippen LogP contribution in [0, 0.1) is 11.2 Å². The van der Waals surface area contributed by atoms with Crippen molar-refractivity contribution in [3.8, 4) is 5.75 Å². The average molecular weight is 378 g/mol. The Hall–Kier alpha value is -1.62. The Balaban J connectivity index is 1.37. The number of amides is 1. The Bertz CT molecular complexity index is 640. The second kappa shape index (κ2) is 9.05. The van der Waals surface area contributed by atoms with Crippen LogP contribution in [0.15, 0.2) is 18.2 Å². The van der Waals surface area contributed by atoms with Crippen molar-refractivity contribution in [1.82, 2.24) is 4.90 Å². The van der Waals surface area contributed by atoms with Gasteiger partial charge in [0.15, 0.2) is 0 Å². The number of carbonyl (C=O) groups excluding carboxylic acids is 1. The van der Waals surface area contributed by atoms with E-state index in [-0.39, 0.29) is 17.2 Å². The first-order valence-corrected chi connectivity index (χ1v) is 10.3. The van der Waals surface area contributed by atoms with Crippen LogP contribution < -0.4 is 4.74 Å². The van der Waals surface area contributed by atoms with E-state index in [0.717, 1.165) is 31.4 Å². The highest BCUT2D eigenvalue weighted by Gasteiger charge is 2.46. The third-order valence-corrected chi connectivity index (χ3v) is 6.00. The molecule has 0 atom stereocenters. The lowest BCUT2D eigenvalue weighted by molar-refractivity contribution is -0.138. The molecule has 2 fully saturated rings. The molecule has 0 bridgehead atoms. The highest BCUT2D eigenvalue weighted by molar-refractivity contribution is 5.84. The Morgan fingerprint density at radius 1 is 1.11 bits per heavy atom. The fourth-order valence-electron chi connectivity index (χ4n) is 4.40. The molecule has 0 aromatic heterocycles. The van der Waals surface area contributed by atoms with Crippen molar-refractivity contribution in [2.45, 2.75) is 58.3 Å². The molecule has 1 saturated heterocycles. The molecule has 3 rings (SSSR count). The highest BCUT2D eigenvalue weighted by atomic mass is 19.1. The molecule has 1 heterocycles. The predicted octanol–water partition coefficient (Wildman–Crippen LogP) is 4.53. The molecule has 1 saturated carbocycles. The standard InChI is InChI=1S/C22H32FNO3/c1-17(2)19-7-6-18(23)16-20(19)27-15-14-26-13-12-24-11-10-22(21(24)25)8-4-3-5-9-22/h6-7,16-17H,3-5,8-15H2,1-2H3. The number of hydrogen-bond donors (Lipinski definition) is 0. The molecule has 150 valence electrons. The van der Waals surface area contributed by atoms with Crippen LogP contribution in [-0.2, 0) is 9.53 Å². The first-order valence-electron chi connectivity index (χ1n) is 10.3. The second-order valence-electron chi connectivity index (χ2n) is 8.18. The highest BCUT2D eigenvalue weighted by Crippen LogP contribution is 2.44. The van der Waals surface area contributed by atoms with E-state index in [4.69, 9.17) is 9.47 Å². The minimum atomic E-state index is -0.292. The van der Waals surface area contributed by atoms with Gasteiger partial charge in [-0.25, -0.2) is 4.39 Å². The largest absolute Gasteiger partial charge is 0.491 e. The van der Waals surface area contributed by atoms with Gasteiger partial charge in [0.1, 0.15) is 18.2 Å². The van der Waals surface area contributed by atoms with Crippen LogP contribution in [0.2, 0.25) is 0 Å². The van der Waals surface area contributed by atoms with Crippen LogP contribution in [-0.4, -0.2) is 43.7 Å². The summed E-state index contributed by atoms with van der Waals surface area (Å²) in [5, 5.41) is 0. The number of hydrogen-bond acceptors (Lipinski definition) is 3. The van der Waals surface area contributed by atoms with Crippen LogP contribution in [0.4, 0.5) is 4.39 Å². The Morgan fingerprint density at radius 3 is 2.63 bits per heavy atom. The molecule has 5 heteroatoms. The summed E-state index contributed by atoms with van der Waals surface area (Å²) in [6.45, 7) is 6.96. The molecule has 1 amide bonds. The van der Waals surface area contributed by atoms with Crippen molar-refractivity contribution >= 4 is 5.91 Å². The maximum atomic E-state index is 13.5. The number of likely N-dealkylation sites (tertiary alicyclic amines) is 1. The molecule has 1 spiro atoms. The number of carbonyl (C=O) groups is 1. The summed E-state index contributed by atoms with van der Waals surface area (Å²) in [6, 6.07) is 4.67. The lowest BCUT2D eigenvalue weighted by Crippen LogP contribution is -2.37. The minimum absolute atomic E-state index is 0.0635. The van der Waals surface area contributed by atoms with E-state index in [0.29, 0.717) is 38.0 Å². The van der Waals surface area contributed by atoms with Crippen molar-refractivity contribution in [3.63, 3.8) is 0 Å². The molecule has 4 nitrogen and oxygen atoms in total. The van der Waals surface area contributed by atoms with Crippen molar-refractivity contribution in [3.05, 3.63) is 29.6 Å². The van der Waals surface area contributed by atoms with Crippen LogP contribution in [0.5, 0.6) is 5.75 Å². The van der Waals surface area contributed by atoms with Gasteiger partial charge in [-0.05, 0) is 36.8 Å². The van der Waals surface area contributed by atoms with Gasteiger partial charge >= 0.3 is 0 Å². The third kappa shape index (κ3) is 4.81. The zero-order chi connectivity index (χ0) is 19.3. The van der Waals surface area contributed by atoms with Gasteiger partial charge in [0.05, 0.1) is 18.6 Å². The van der Waals surface area contributed by atoms with E-state index in [2.05, 4.69) is 13.8 Å². The summed E-state index contributed by atoms with van der Waals surface area (Å²) in [4.78, 5) is 14.7. The average Bonchev–Trinajstić information content (AvgIpc) is 2.94. The van der Waals surface area contributed by atoms with E-state index in [9.17, 15) is 9.18 Å². The summed E-state index contributed by atoms with van der Waals surface area (Å²) >= 11 is 0. The molecule has 0 radical (unpaired) electrons. The van der Waals surface area contributed by atoms with Gasteiger partial charge in [-0.3, -0.25) is 4.79 Å². The smallest absolute Gasteiger partial charge is 0.228 e. The quantitative estimate of drug-likeness (QED) is 0.625. The normalized spacial score (nSPS) is 19.3. The van der Waals surface area contributed by atoms with E-state index in [1.165, 1.54) is 31.4 Å². The van der Waals surface area contributed by atoms with E-state index >= 15 is 0 Å². The molecule has 0 unspecified atom stereocenters. The van der Waals surface area contributed by atoms with Gasteiger partial charge in [-0.2, -0.15) is 0 Å². The first-order chi connectivity index (χ1) is 13.0. The van der Waals surface area contributed by atoms with Crippen LogP contribution in [0.1, 0.15) is 63.9 Å². The zero-order valence-electron chi connectivity index (χ0n) is 16.6. The fourth-order valence-corrected chi connectivity index (χ4v) is 4.40. The van der Waals surface area contributed by atoms with E-state index < -0.39 is 0 Å². The lowest BCUT2D eigenvalue weighted by atomic mass is 9.73. The summed E-state index contributed by atoms with van der Waals surface area (Å²) in [7, 11) is 0. The van der Waals surface area contributed by atoms with Crippen molar-refractivity contribution in [2.24, 2.45) is 5.41 Å². The molecule has 1 aromatic carbocycles. The minimum Gasteiger partial charge on any atom is -0.491 e. The molecule has 2 aliphatic rings. The molecular formula is C22H32FNO3. The summed E-state index contributed by atoms with van der Waals surface area (Å²) in [5.74, 6) is 0.903. The molecule has 1 aliphatic carbocycles. The van der Waals surface area contributed by atoms with Crippen molar-refractivity contribution < 1.29 is 18.7 Å². The molecule has 1 aliphatic heterocycles. The SMILES string of the molecule is CC(C)c1ccc(F)cc1OCCOCCN1CCC2(CCCCC2)C1=O. The number of halogens is 1. The maximum absolute atomic E-state index is 13.5. The van der Waals surface area contributed by atoms with Gasteiger partial charge < -0.3 is 14.4 Å². The number of nitrogens with zero attached hydrogens (tertiary/aromatic N) is 1. The zero-order valence-corrected chi connectivity index (χ0v) is 16.6. The summed E-state index contributed by atoms with van der Waals surface area (Å²) in [6.07, 6.45) is 6.76. The maximum Gasteiger partial charge on any atom is 0.228 e. The first kappa shape index (κ1) is 20.1. The molecular weight excluding hydrogens is 345 g/mol. The van der Waals surface area contributed by atoms with Gasteiger partial charge in [0.25, 0.3) is 0 Å². The predicted molar refractivity (Wildman–Crippen MR) is 104 cm³/mol.